The molecule has 1 atom stereocenters. The second-order valence-electron chi connectivity index (χ2n) is 8.45. The predicted octanol–water partition coefficient (Wildman–Crippen LogP) is 4.35. The number of allylic oxidation sites excluding steroid dienone is 2. The van der Waals surface area contributed by atoms with E-state index >= 15 is 0 Å². The van der Waals surface area contributed by atoms with Gasteiger partial charge in [0.05, 0.1) is 47.6 Å². The Kier molecular flexibility index (Phi) is 5.74. The number of nitrogens with zero attached hydrogens (tertiary/aromatic N) is 5. The van der Waals surface area contributed by atoms with E-state index in [4.69, 9.17) is 12.3 Å². The number of nitriles is 1. The van der Waals surface area contributed by atoms with Crippen molar-refractivity contribution in [3.05, 3.63) is 94.1 Å². The van der Waals surface area contributed by atoms with Gasteiger partial charge in [-0.1, -0.05) is 6.07 Å². The highest BCUT2D eigenvalue weighted by molar-refractivity contribution is 5.86. The first-order valence-electron chi connectivity index (χ1n) is 11.2. The van der Waals surface area contributed by atoms with Crippen LogP contribution in [-0.4, -0.2) is 38.1 Å². The number of aromatic nitrogens is 4. The third-order valence-electron chi connectivity index (χ3n) is 6.44. The van der Waals surface area contributed by atoms with Crippen molar-refractivity contribution >= 4 is 28.1 Å². The van der Waals surface area contributed by atoms with Gasteiger partial charge in [0.25, 0.3) is 0 Å². The molecule has 172 valence electrons. The zero-order chi connectivity index (χ0) is 24.4. The van der Waals surface area contributed by atoms with Crippen molar-refractivity contribution in [3.8, 4) is 6.07 Å². The van der Waals surface area contributed by atoms with E-state index in [0.29, 0.717) is 22.7 Å². The van der Waals surface area contributed by atoms with Gasteiger partial charge in [0.15, 0.2) is 0 Å². The maximum Gasteiger partial charge on any atom is 0.216 e. The SMILES string of the molecule is O=Cc1ccc2[nH]ncc2c1.[C-]#[N+]C1=C(N)N2CCCCC2=C(C#N)C1c1ccc2[nH]ncc2c1. The number of benzene rings is 2. The van der Waals surface area contributed by atoms with Gasteiger partial charge in [-0.15, -0.1) is 0 Å². The lowest BCUT2D eigenvalue weighted by atomic mass is 9.82. The van der Waals surface area contributed by atoms with E-state index in [1.807, 2.05) is 29.2 Å². The summed E-state index contributed by atoms with van der Waals surface area (Å²) in [5.41, 5.74) is 11.9. The van der Waals surface area contributed by atoms with E-state index in [0.717, 1.165) is 65.2 Å². The Hall–Kier alpha value is -4.89. The predicted molar refractivity (Wildman–Crippen MR) is 131 cm³/mol. The first kappa shape index (κ1) is 21.9. The molecule has 2 aromatic carbocycles. The molecule has 2 aliphatic rings. The minimum Gasteiger partial charge on any atom is -0.394 e. The molecule has 4 aromatic rings. The number of carbonyl (C=O) groups is 1. The molecule has 0 spiro atoms. The molecule has 1 fully saturated rings. The third-order valence-corrected chi connectivity index (χ3v) is 6.44. The van der Waals surface area contributed by atoms with Crippen molar-refractivity contribution in [1.29, 1.82) is 5.26 Å². The monoisotopic (exact) mass is 462 g/mol. The number of nitrogens with one attached hydrogen (secondary N) is 2. The van der Waals surface area contributed by atoms with Gasteiger partial charge in [0.2, 0.25) is 5.70 Å². The van der Waals surface area contributed by atoms with Crippen LogP contribution in [0.1, 0.15) is 41.1 Å². The molecule has 4 heterocycles. The number of hydrogen-bond donors (Lipinski definition) is 3. The Balaban J connectivity index is 0.000000192. The van der Waals surface area contributed by atoms with E-state index in [-0.39, 0.29) is 0 Å². The standard InChI is InChI=1S/C18H16N6.C8H6N2O/c1-21-17-16(11-5-6-14-12(8-11)10-22-23-14)13(9-19)15-4-2-3-7-24(15)18(17)20;11-5-6-1-2-8-7(3-6)4-9-10-8/h5-6,8,10,16H,2-4,7,20H2,(H,22,23);1-5H,(H,9,10). The van der Waals surface area contributed by atoms with E-state index < -0.39 is 5.92 Å². The Morgan fingerprint density at radius 2 is 1.83 bits per heavy atom. The second-order valence-corrected chi connectivity index (χ2v) is 8.45. The van der Waals surface area contributed by atoms with Crippen LogP contribution in [0.15, 0.2) is 71.6 Å². The molecule has 2 aliphatic heterocycles. The lowest BCUT2D eigenvalue weighted by molar-refractivity contribution is 0.112. The topological polar surface area (TPSA) is 132 Å². The molecule has 0 bridgehead atoms. The van der Waals surface area contributed by atoms with Crippen LogP contribution >= 0.6 is 0 Å². The number of nitrogens with two attached hydrogens (primary N) is 1. The summed E-state index contributed by atoms with van der Waals surface area (Å²) in [6.07, 6.45) is 7.18. The Morgan fingerprint density at radius 3 is 2.51 bits per heavy atom. The Labute approximate surface area is 201 Å². The van der Waals surface area contributed by atoms with Gasteiger partial charge >= 0.3 is 0 Å². The molecule has 35 heavy (non-hydrogen) atoms. The van der Waals surface area contributed by atoms with Crippen molar-refractivity contribution in [2.24, 2.45) is 5.73 Å². The molecule has 0 radical (unpaired) electrons. The second kappa shape index (κ2) is 9.16. The number of aldehydes is 1. The molecule has 2 aromatic heterocycles. The van der Waals surface area contributed by atoms with Crippen LogP contribution in [0.3, 0.4) is 0 Å². The third kappa shape index (κ3) is 3.90. The Bertz CT molecular complexity index is 1580. The summed E-state index contributed by atoms with van der Waals surface area (Å²) in [7, 11) is 0. The van der Waals surface area contributed by atoms with Gasteiger partial charge in [-0.3, -0.25) is 15.0 Å². The molecule has 9 heteroatoms. The molecule has 0 aliphatic carbocycles. The number of aromatic amines is 2. The minimum atomic E-state index is -0.392. The molecule has 4 N–H and O–H groups in total. The van der Waals surface area contributed by atoms with Crippen LogP contribution in [0.5, 0.6) is 0 Å². The zero-order valence-corrected chi connectivity index (χ0v) is 18.8. The normalized spacial score (nSPS) is 17.4. The van der Waals surface area contributed by atoms with Gasteiger partial charge in [-0.2, -0.15) is 15.5 Å². The maximum absolute atomic E-state index is 10.3. The van der Waals surface area contributed by atoms with Crippen molar-refractivity contribution in [2.75, 3.05) is 6.54 Å². The minimum absolute atomic E-state index is 0.392. The molecule has 1 saturated heterocycles. The van der Waals surface area contributed by atoms with Crippen molar-refractivity contribution in [3.63, 3.8) is 0 Å². The first-order valence-corrected chi connectivity index (χ1v) is 11.2. The van der Waals surface area contributed by atoms with Gasteiger partial charge in [-0.25, -0.2) is 4.85 Å². The lowest BCUT2D eigenvalue weighted by Gasteiger charge is -2.39. The average molecular weight is 463 g/mol. The maximum atomic E-state index is 10.3. The number of H-pyrrole nitrogens is 2. The summed E-state index contributed by atoms with van der Waals surface area (Å²) < 4.78 is 0. The van der Waals surface area contributed by atoms with Gasteiger partial charge in [0, 0.05) is 28.6 Å². The van der Waals surface area contributed by atoms with Crippen LogP contribution < -0.4 is 5.73 Å². The smallest absolute Gasteiger partial charge is 0.216 e. The van der Waals surface area contributed by atoms with Crippen LogP contribution in [-0.2, 0) is 0 Å². The summed E-state index contributed by atoms with van der Waals surface area (Å²) in [6, 6.07) is 13.6. The largest absolute Gasteiger partial charge is 0.394 e. The van der Waals surface area contributed by atoms with Crippen LogP contribution in [0, 0.1) is 17.9 Å². The highest BCUT2D eigenvalue weighted by atomic mass is 16.1. The van der Waals surface area contributed by atoms with E-state index in [1.54, 1.807) is 24.5 Å². The van der Waals surface area contributed by atoms with Crippen LogP contribution in [0.4, 0.5) is 0 Å². The first-order chi connectivity index (χ1) is 17.1. The van der Waals surface area contributed by atoms with Gasteiger partial charge in [-0.05, 0) is 55.2 Å². The fraction of sp³-hybridized carbons (Fsp3) is 0.192. The summed E-state index contributed by atoms with van der Waals surface area (Å²) in [6.45, 7) is 8.40. The highest BCUT2D eigenvalue weighted by Crippen LogP contribution is 2.44. The van der Waals surface area contributed by atoms with E-state index in [9.17, 15) is 10.1 Å². The summed E-state index contributed by atoms with van der Waals surface area (Å²) in [4.78, 5) is 16.0. The number of carbonyl (C=O) groups excluding carboxylic acids is 1. The number of rotatable bonds is 2. The van der Waals surface area contributed by atoms with E-state index in [2.05, 4.69) is 31.3 Å². The Morgan fingerprint density at radius 1 is 1.11 bits per heavy atom. The quantitative estimate of drug-likeness (QED) is 0.300. The van der Waals surface area contributed by atoms with Gasteiger partial charge in [0.1, 0.15) is 12.1 Å². The number of hydrogen-bond acceptors (Lipinski definition) is 6. The van der Waals surface area contributed by atoms with Crippen molar-refractivity contribution in [2.45, 2.75) is 25.2 Å². The fourth-order valence-corrected chi connectivity index (χ4v) is 4.72. The summed E-state index contributed by atoms with van der Waals surface area (Å²) in [5, 5.41) is 25.3. The lowest BCUT2D eigenvalue weighted by Crippen LogP contribution is -2.37. The zero-order valence-electron chi connectivity index (χ0n) is 18.8. The highest BCUT2D eigenvalue weighted by Gasteiger charge is 2.36. The number of fused-ring (bicyclic) bond motifs is 3. The molecule has 6 rings (SSSR count). The van der Waals surface area contributed by atoms with Crippen molar-refractivity contribution in [1.82, 2.24) is 25.3 Å². The fourth-order valence-electron chi connectivity index (χ4n) is 4.72. The van der Waals surface area contributed by atoms with E-state index in [1.165, 1.54) is 0 Å². The molecule has 0 amide bonds. The summed E-state index contributed by atoms with van der Waals surface area (Å²) in [5.74, 6) is 0.104. The average Bonchev–Trinajstić information content (AvgIpc) is 3.57. The molecular formula is C26H22N8O. The van der Waals surface area contributed by atoms with Crippen LogP contribution in [0.2, 0.25) is 0 Å². The number of piperidine rings is 1. The summed E-state index contributed by atoms with van der Waals surface area (Å²) >= 11 is 0. The molecule has 1 unspecified atom stereocenters. The van der Waals surface area contributed by atoms with Crippen LogP contribution in [0.25, 0.3) is 26.7 Å². The molecule has 0 saturated carbocycles. The van der Waals surface area contributed by atoms with Crippen molar-refractivity contribution < 1.29 is 4.79 Å². The molecule has 9 nitrogen and oxygen atoms in total. The van der Waals surface area contributed by atoms with Gasteiger partial charge < -0.3 is 10.6 Å². The molecular weight excluding hydrogens is 440 g/mol.